The number of nitrogens with zero attached hydrogens (tertiary/aromatic N) is 7. The number of fused-ring (bicyclic) bond motifs is 2. The molecular weight excluding hydrogens is 446 g/mol. The van der Waals surface area contributed by atoms with Gasteiger partial charge in [-0.15, -0.1) is 0 Å². The van der Waals surface area contributed by atoms with Crippen LogP contribution in [0.3, 0.4) is 0 Å². The minimum Gasteiger partial charge on any atom is -0.444 e. The molecular formula is C25H31N7O3. The number of aliphatic hydroxyl groups excluding tert-OH is 1. The second-order valence-corrected chi connectivity index (χ2v) is 10.6. The Hall–Kier alpha value is -3.45. The van der Waals surface area contributed by atoms with Gasteiger partial charge in [-0.05, 0) is 45.7 Å². The van der Waals surface area contributed by atoms with Crippen molar-refractivity contribution in [1.29, 1.82) is 5.26 Å². The van der Waals surface area contributed by atoms with Gasteiger partial charge >= 0.3 is 6.09 Å². The number of anilines is 3. The molecule has 1 unspecified atom stereocenters. The van der Waals surface area contributed by atoms with Gasteiger partial charge in [-0.3, -0.25) is 4.90 Å². The first kappa shape index (κ1) is 23.3. The zero-order chi connectivity index (χ0) is 24.8. The Morgan fingerprint density at radius 1 is 1.26 bits per heavy atom. The van der Waals surface area contributed by atoms with Gasteiger partial charge in [0, 0.05) is 43.4 Å². The van der Waals surface area contributed by atoms with Crippen LogP contribution in [-0.4, -0.2) is 75.5 Å². The van der Waals surface area contributed by atoms with Crippen molar-refractivity contribution in [3.05, 3.63) is 35.8 Å². The molecule has 184 valence electrons. The minimum atomic E-state index is -0.599. The highest BCUT2D eigenvalue weighted by molar-refractivity contribution is 5.75. The lowest BCUT2D eigenvalue weighted by Gasteiger charge is -2.44. The number of aliphatic hydroxyl groups is 1. The number of hydrogen-bond acceptors (Lipinski definition) is 9. The highest BCUT2D eigenvalue weighted by atomic mass is 16.6. The maximum Gasteiger partial charge on any atom is 0.410 e. The molecule has 4 heterocycles. The van der Waals surface area contributed by atoms with Gasteiger partial charge in [0.25, 0.3) is 0 Å². The monoisotopic (exact) mass is 477 g/mol. The molecule has 35 heavy (non-hydrogen) atoms. The molecule has 1 aliphatic carbocycles. The number of carbonyl (C=O) groups excluding carboxylic acids is 1. The van der Waals surface area contributed by atoms with Crippen LogP contribution in [0.15, 0.2) is 24.7 Å². The predicted octanol–water partition coefficient (Wildman–Crippen LogP) is 2.73. The van der Waals surface area contributed by atoms with Gasteiger partial charge in [0.05, 0.1) is 24.3 Å². The molecule has 10 nitrogen and oxygen atoms in total. The minimum absolute atomic E-state index is 0.0622. The zero-order valence-corrected chi connectivity index (χ0v) is 20.4. The molecule has 2 aromatic rings. The second kappa shape index (κ2) is 8.64. The number of pyridine rings is 1. The number of piperazine rings is 1. The summed E-state index contributed by atoms with van der Waals surface area (Å²) in [5.74, 6) is 2.39. The Morgan fingerprint density at radius 2 is 2.03 bits per heavy atom. The molecule has 1 saturated heterocycles. The Balaban J connectivity index is 1.46. The van der Waals surface area contributed by atoms with Gasteiger partial charge in [0.15, 0.2) is 0 Å². The highest BCUT2D eigenvalue weighted by Crippen LogP contribution is 2.56. The Bertz CT molecular complexity index is 1170. The number of ether oxygens (including phenoxy) is 1. The van der Waals surface area contributed by atoms with Crippen molar-refractivity contribution >= 4 is 23.5 Å². The maximum atomic E-state index is 12.7. The normalized spacial score (nSPS) is 20.9. The largest absolute Gasteiger partial charge is 0.444 e. The van der Waals surface area contributed by atoms with Gasteiger partial charge in [-0.25, -0.2) is 19.7 Å². The maximum absolute atomic E-state index is 12.7. The number of hydrogen-bond donors (Lipinski definition) is 1. The number of aromatic nitrogens is 3. The Morgan fingerprint density at radius 3 is 2.69 bits per heavy atom. The molecule has 1 atom stereocenters. The Kier molecular flexibility index (Phi) is 5.75. The molecule has 5 rings (SSSR count). The van der Waals surface area contributed by atoms with E-state index in [9.17, 15) is 15.2 Å². The fourth-order valence-electron chi connectivity index (χ4n) is 5.34. The van der Waals surface area contributed by atoms with Crippen LogP contribution in [0.1, 0.15) is 51.2 Å². The average Bonchev–Trinajstić information content (AvgIpc) is 3.19. The molecule has 0 bridgehead atoms. The Labute approximate surface area is 205 Å². The molecule has 2 aromatic heterocycles. The standard InChI is InChI=1S/C25H31N7O3/c1-24(2,3)35-23(34)31-10-9-30(13-18(31)14-33)21-20-22(29-16-28-21)32(15-25(20)6-4-7-25)19-11-17(12-26)5-8-27-19/h5,8,11,16,18,33H,4,6-7,9-10,13-15H2,1-3H3. The SMILES string of the molecule is CC(C)(C)OC(=O)N1CCN(c2ncnc3c2C2(CCC2)CN3c2cc(C#N)ccn2)CC1CO. The molecule has 0 radical (unpaired) electrons. The number of nitriles is 1. The lowest BCUT2D eigenvalue weighted by molar-refractivity contribution is 0.00695. The zero-order valence-electron chi connectivity index (χ0n) is 20.4. The van der Waals surface area contributed by atoms with Crippen LogP contribution in [0.4, 0.5) is 22.2 Å². The van der Waals surface area contributed by atoms with E-state index in [-0.39, 0.29) is 12.0 Å². The average molecular weight is 478 g/mol. The van der Waals surface area contributed by atoms with Crippen LogP contribution in [0.5, 0.6) is 0 Å². The first-order chi connectivity index (χ1) is 16.7. The first-order valence-corrected chi connectivity index (χ1v) is 12.1. The van der Waals surface area contributed by atoms with E-state index < -0.39 is 17.7 Å². The molecule has 3 aliphatic rings. The van der Waals surface area contributed by atoms with Crippen molar-refractivity contribution in [2.45, 2.75) is 57.1 Å². The van der Waals surface area contributed by atoms with Crippen molar-refractivity contribution in [3.63, 3.8) is 0 Å². The summed E-state index contributed by atoms with van der Waals surface area (Å²) in [7, 11) is 0. The van der Waals surface area contributed by atoms with Gasteiger partial charge < -0.3 is 19.6 Å². The molecule has 1 saturated carbocycles. The summed E-state index contributed by atoms with van der Waals surface area (Å²) in [6.07, 6.45) is 6.03. The van der Waals surface area contributed by atoms with Crippen molar-refractivity contribution < 1.29 is 14.6 Å². The van der Waals surface area contributed by atoms with Crippen molar-refractivity contribution in [1.82, 2.24) is 19.9 Å². The van der Waals surface area contributed by atoms with Crippen LogP contribution < -0.4 is 9.80 Å². The van der Waals surface area contributed by atoms with Crippen molar-refractivity contribution in [2.24, 2.45) is 0 Å². The summed E-state index contributed by atoms with van der Waals surface area (Å²) in [4.78, 5) is 32.5. The fraction of sp³-hybridized carbons (Fsp3) is 0.560. The summed E-state index contributed by atoms with van der Waals surface area (Å²) in [5.41, 5.74) is 1.01. The van der Waals surface area contributed by atoms with E-state index in [0.717, 1.165) is 43.0 Å². The quantitative estimate of drug-likeness (QED) is 0.712. The molecule has 1 N–H and O–H groups in total. The summed E-state index contributed by atoms with van der Waals surface area (Å²) in [6.45, 7) is 7.57. The third-order valence-electron chi connectivity index (χ3n) is 7.14. The third-order valence-corrected chi connectivity index (χ3v) is 7.14. The van der Waals surface area contributed by atoms with Crippen LogP contribution in [0.2, 0.25) is 0 Å². The van der Waals surface area contributed by atoms with E-state index in [2.05, 4.69) is 25.8 Å². The van der Waals surface area contributed by atoms with Crippen molar-refractivity contribution in [2.75, 3.05) is 42.6 Å². The molecule has 1 amide bonds. The highest BCUT2D eigenvalue weighted by Gasteiger charge is 2.51. The van der Waals surface area contributed by atoms with Crippen LogP contribution >= 0.6 is 0 Å². The van der Waals surface area contributed by atoms with E-state index in [1.807, 2.05) is 20.8 Å². The number of amides is 1. The molecule has 2 aliphatic heterocycles. The van der Waals surface area contributed by atoms with Crippen molar-refractivity contribution in [3.8, 4) is 6.07 Å². The van der Waals surface area contributed by atoms with Gasteiger partial charge in [0.1, 0.15) is 29.4 Å². The van der Waals surface area contributed by atoms with E-state index in [1.165, 1.54) is 0 Å². The van der Waals surface area contributed by atoms with Crippen LogP contribution in [0, 0.1) is 11.3 Å². The van der Waals surface area contributed by atoms with E-state index >= 15 is 0 Å². The first-order valence-electron chi connectivity index (χ1n) is 12.1. The van der Waals surface area contributed by atoms with E-state index in [1.54, 1.807) is 29.6 Å². The lowest BCUT2D eigenvalue weighted by atomic mass is 9.66. The topological polar surface area (TPSA) is 119 Å². The molecule has 0 aromatic carbocycles. The predicted molar refractivity (Wildman–Crippen MR) is 130 cm³/mol. The summed E-state index contributed by atoms with van der Waals surface area (Å²) in [5, 5.41) is 19.5. The summed E-state index contributed by atoms with van der Waals surface area (Å²) in [6, 6.07) is 5.29. The third kappa shape index (κ3) is 4.14. The summed E-state index contributed by atoms with van der Waals surface area (Å²) >= 11 is 0. The molecule has 10 heteroatoms. The number of rotatable bonds is 3. The van der Waals surface area contributed by atoms with Gasteiger partial charge in [0.2, 0.25) is 0 Å². The van der Waals surface area contributed by atoms with Gasteiger partial charge in [-0.2, -0.15) is 5.26 Å². The molecule has 2 fully saturated rings. The number of carbonyl (C=O) groups is 1. The van der Waals surface area contributed by atoms with Crippen LogP contribution in [-0.2, 0) is 10.2 Å². The van der Waals surface area contributed by atoms with E-state index in [0.29, 0.717) is 31.0 Å². The smallest absolute Gasteiger partial charge is 0.410 e. The van der Waals surface area contributed by atoms with Gasteiger partial charge in [-0.1, -0.05) is 6.42 Å². The molecule has 1 spiro atoms. The summed E-state index contributed by atoms with van der Waals surface area (Å²) < 4.78 is 5.56. The van der Waals surface area contributed by atoms with E-state index in [4.69, 9.17) is 9.72 Å². The fourth-order valence-corrected chi connectivity index (χ4v) is 5.34. The lowest BCUT2D eigenvalue weighted by Crippen LogP contribution is -2.58. The second-order valence-electron chi connectivity index (χ2n) is 10.6. The van der Waals surface area contributed by atoms with Crippen LogP contribution in [0.25, 0.3) is 0 Å².